The van der Waals surface area contributed by atoms with Gasteiger partial charge in [-0.25, -0.2) is 8.78 Å². The highest BCUT2D eigenvalue weighted by Gasteiger charge is 2.20. The van der Waals surface area contributed by atoms with Crippen molar-refractivity contribution < 1.29 is 27.8 Å². The summed E-state index contributed by atoms with van der Waals surface area (Å²) in [5.41, 5.74) is 1.39. The van der Waals surface area contributed by atoms with Crippen molar-refractivity contribution in [2.24, 2.45) is 0 Å². The summed E-state index contributed by atoms with van der Waals surface area (Å²) < 4.78 is 43.5. The highest BCUT2D eigenvalue weighted by atomic mass is 32.2. The minimum Gasteiger partial charge on any atom is -0.492 e. The number of hydrogen-bond acceptors (Lipinski definition) is 6. The third-order valence-corrected chi connectivity index (χ3v) is 5.54. The molecular formula is C22H26F2N2O4S. The summed E-state index contributed by atoms with van der Waals surface area (Å²) in [6.45, 7) is 7.42. The fourth-order valence-electron chi connectivity index (χ4n) is 3.15. The Hall–Kier alpha value is -2.52. The van der Waals surface area contributed by atoms with Crippen LogP contribution >= 0.6 is 11.8 Å². The van der Waals surface area contributed by atoms with Gasteiger partial charge in [-0.1, -0.05) is 0 Å². The molecule has 1 aliphatic heterocycles. The molecule has 1 amide bonds. The standard InChI is InChI=1S/C22H26F2N2O4S/c1-3-29-20-13-19(26-7-9-28-10-8-26)21(30-4-2)12-18(20)25-22(27)14-31-15-5-6-16(23)17(24)11-15/h5-6,11-13H,3-4,7-10,14H2,1-2H3,(H,25,27). The highest BCUT2D eigenvalue weighted by molar-refractivity contribution is 8.00. The van der Waals surface area contributed by atoms with Crippen LogP contribution in [0.5, 0.6) is 11.5 Å². The summed E-state index contributed by atoms with van der Waals surface area (Å²) in [4.78, 5) is 15.2. The number of anilines is 2. The number of rotatable bonds is 9. The average molecular weight is 453 g/mol. The van der Waals surface area contributed by atoms with E-state index >= 15 is 0 Å². The zero-order chi connectivity index (χ0) is 22.2. The Labute approximate surface area is 184 Å². The first-order chi connectivity index (χ1) is 15.0. The number of hydrogen-bond donors (Lipinski definition) is 1. The molecular weight excluding hydrogens is 426 g/mol. The van der Waals surface area contributed by atoms with Crippen LogP contribution in [0.25, 0.3) is 0 Å². The molecule has 0 aliphatic carbocycles. The lowest BCUT2D eigenvalue weighted by atomic mass is 10.2. The van der Waals surface area contributed by atoms with Crippen LogP contribution < -0.4 is 19.7 Å². The lowest BCUT2D eigenvalue weighted by Gasteiger charge is -2.31. The molecule has 0 spiro atoms. The lowest BCUT2D eigenvalue weighted by Crippen LogP contribution is -2.36. The van der Waals surface area contributed by atoms with Crippen molar-refractivity contribution in [3.63, 3.8) is 0 Å². The molecule has 0 saturated carbocycles. The van der Waals surface area contributed by atoms with E-state index in [-0.39, 0.29) is 11.7 Å². The van der Waals surface area contributed by atoms with Crippen molar-refractivity contribution in [1.82, 2.24) is 0 Å². The van der Waals surface area contributed by atoms with Crippen LogP contribution in [-0.2, 0) is 9.53 Å². The van der Waals surface area contributed by atoms with Gasteiger partial charge in [0.1, 0.15) is 11.5 Å². The van der Waals surface area contributed by atoms with E-state index in [1.54, 1.807) is 6.07 Å². The molecule has 1 aliphatic rings. The van der Waals surface area contributed by atoms with Crippen LogP contribution in [0.15, 0.2) is 35.2 Å². The van der Waals surface area contributed by atoms with Crippen LogP contribution in [0.3, 0.4) is 0 Å². The van der Waals surface area contributed by atoms with Gasteiger partial charge in [0.25, 0.3) is 0 Å². The zero-order valence-electron chi connectivity index (χ0n) is 17.6. The van der Waals surface area contributed by atoms with Gasteiger partial charge in [-0.05, 0) is 32.0 Å². The summed E-state index contributed by atoms with van der Waals surface area (Å²) in [5, 5.41) is 2.84. The maximum absolute atomic E-state index is 13.4. The molecule has 0 atom stereocenters. The quantitative estimate of drug-likeness (QED) is 0.572. The van der Waals surface area contributed by atoms with Crippen molar-refractivity contribution in [2.75, 3.05) is 55.5 Å². The first kappa shape index (κ1) is 23.1. The molecule has 168 valence electrons. The number of ether oxygens (including phenoxy) is 3. The number of halogens is 2. The van der Waals surface area contributed by atoms with Crippen LogP contribution in [0.1, 0.15) is 13.8 Å². The van der Waals surface area contributed by atoms with Gasteiger partial charge in [0.15, 0.2) is 11.6 Å². The third-order valence-electron chi connectivity index (χ3n) is 4.55. The lowest BCUT2D eigenvalue weighted by molar-refractivity contribution is -0.113. The van der Waals surface area contributed by atoms with Crippen LogP contribution in [0.4, 0.5) is 20.2 Å². The van der Waals surface area contributed by atoms with Crippen LogP contribution in [0, 0.1) is 11.6 Å². The normalized spacial score (nSPS) is 13.7. The number of morpholine rings is 1. The van der Waals surface area contributed by atoms with Crippen molar-refractivity contribution in [2.45, 2.75) is 18.7 Å². The molecule has 1 saturated heterocycles. The predicted octanol–water partition coefficient (Wildman–Crippen LogP) is 4.33. The predicted molar refractivity (Wildman–Crippen MR) is 118 cm³/mol. The number of carbonyl (C=O) groups is 1. The molecule has 0 bridgehead atoms. The molecule has 2 aromatic rings. The van der Waals surface area contributed by atoms with Gasteiger partial charge in [0, 0.05) is 30.1 Å². The molecule has 6 nitrogen and oxygen atoms in total. The number of carbonyl (C=O) groups excluding carboxylic acids is 1. The Bertz CT molecular complexity index is 907. The summed E-state index contributed by atoms with van der Waals surface area (Å²) >= 11 is 1.12. The molecule has 1 heterocycles. The maximum atomic E-state index is 13.4. The number of thioether (sulfide) groups is 1. The zero-order valence-corrected chi connectivity index (χ0v) is 18.4. The van der Waals surface area contributed by atoms with Gasteiger partial charge >= 0.3 is 0 Å². The van der Waals surface area contributed by atoms with Crippen molar-refractivity contribution >= 4 is 29.0 Å². The van der Waals surface area contributed by atoms with Gasteiger partial charge in [-0.15, -0.1) is 11.8 Å². The molecule has 3 rings (SSSR count). The SMILES string of the molecule is CCOc1cc(N2CCOCC2)c(OCC)cc1NC(=O)CSc1ccc(F)c(F)c1. The number of benzene rings is 2. The second-order valence-electron chi connectivity index (χ2n) is 6.69. The van der Waals surface area contributed by atoms with Crippen molar-refractivity contribution in [3.05, 3.63) is 42.0 Å². The highest BCUT2D eigenvalue weighted by Crippen LogP contribution is 2.39. The van der Waals surface area contributed by atoms with Gasteiger partial charge in [0.05, 0.1) is 43.6 Å². The monoisotopic (exact) mass is 452 g/mol. The first-order valence-electron chi connectivity index (χ1n) is 10.2. The second kappa shape index (κ2) is 11.2. The first-order valence-corrected chi connectivity index (χ1v) is 11.1. The Kier molecular flexibility index (Phi) is 8.36. The molecule has 0 unspecified atom stereocenters. The summed E-state index contributed by atoms with van der Waals surface area (Å²) in [6.07, 6.45) is 0. The van der Waals surface area contributed by atoms with E-state index in [4.69, 9.17) is 14.2 Å². The van der Waals surface area contributed by atoms with E-state index in [2.05, 4.69) is 10.2 Å². The number of amides is 1. The molecule has 9 heteroatoms. The van der Waals surface area contributed by atoms with E-state index in [0.717, 1.165) is 42.7 Å². The molecule has 2 aromatic carbocycles. The van der Waals surface area contributed by atoms with Gasteiger partial charge < -0.3 is 24.4 Å². The Morgan fingerprint density at radius 3 is 2.45 bits per heavy atom. The van der Waals surface area contributed by atoms with Crippen molar-refractivity contribution in [3.8, 4) is 11.5 Å². The van der Waals surface area contributed by atoms with Crippen LogP contribution in [-0.4, -0.2) is 51.2 Å². The number of nitrogens with zero attached hydrogens (tertiary/aromatic N) is 1. The smallest absolute Gasteiger partial charge is 0.234 e. The van der Waals surface area contributed by atoms with Crippen LogP contribution in [0.2, 0.25) is 0 Å². The van der Waals surface area contributed by atoms with E-state index in [1.165, 1.54) is 6.07 Å². The minimum atomic E-state index is -0.941. The minimum absolute atomic E-state index is 0.0336. The second-order valence-corrected chi connectivity index (χ2v) is 7.74. The topological polar surface area (TPSA) is 60.0 Å². The van der Waals surface area contributed by atoms with E-state index < -0.39 is 11.6 Å². The average Bonchev–Trinajstić information content (AvgIpc) is 2.77. The number of nitrogens with one attached hydrogen (secondary N) is 1. The maximum Gasteiger partial charge on any atom is 0.234 e. The van der Waals surface area contributed by atoms with E-state index in [9.17, 15) is 13.6 Å². The Morgan fingerprint density at radius 2 is 1.77 bits per heavy atom. The third kappa shape index (κ3) is 6.24. The largest absolute Gasteiger partial charge is 0.492 e. The summed E-state index contributed by atoms with van der Waals surface area (Å²) in [6, 6.07) is 7.19. The Balaban J connectivity index is 1.76. The fraction of sp³-hybridized carbons (Fsp3) is 0.409. The fourth-order valence-corrected chi connectivity index (χ4v) is 3.87. The van der Waals surface area contributed by atoms with E-state index in [0.29, 0.717) is 48.5 Å². The molecule has 31 heavy (non-hydrogen) atoms. The molecule has 0 aromatic heterocycles. The molecule has 1 fully saturated rings. The van der Waals surface area contributed by atoms with Crippen molar-refractivity contribution in [1.29, 1.82) is 0 Å². The van der Waals surface area contributed by atoms with Gasteiger partial charge in [0.2, 0.25) is 5.91 Å². The van der Waals surface area contributed by atoms with Gasteiger partial charge in [-0.3, -0.25) is 4.79 Å². The molecule has 1 N–H and O–H groups in total. The summed E-state index contributed by atoms with van der Waals surface area (Å²) in [5.74, 6) is -0.929. The summed E-state index contributed by atoms with van der Waals surface area (Å²) in [7, 11) is 0. The Morgan fingerprint density at radius 1 is 1.06 bits per heavy atom. The van der Waals surface area contributed by atoms with E-state index in [1.807, 2.05) is 19.9 Å². The molecule has 0 radical (unpaired) electrons. The van der Waals surface area contributed by atoms with Gasteiger partial charge in [-0.2, -0.15) is 0 Å².